The molecule has 0 radical (unpaired) electrons. The molecule has 1 aromatic rings. The Hall–Kier alpha value is -1.52. The van der Waals surface area contributed by atoms with Gasteiger partial charge in [-0.05, 0) is 20.8 Å². The number of nitrogens with zero attached hydrogens (tertiary/aromatic N) is 2. The summed E-state index contributed by atoms with van der Waals surface area (Å²) in [5.74, 6) is -0.123. The highest BCUT2D eigenvalue weighted by atomic mass is 16.6. The molecule has 0 saturated heterocycles. The summed E-state index contributed by atoms with van der Waals surface area (Å²) in [6.45, 7) is 5.41. The van der Waals surface area contributed by atoms with Gasteiger partial charge >= 0.3 is 5.97 Å². The number of rotatable bonds is 1. The standard InChI is InChI=1S/C9H15N3O2/c1-9(2,3)14-8(13)6-5-11-12(4)7(6)10/h5H,10H2,1-4H3. The van der Waals surface area contributed by atoms with Gasteiger partial charge in [-0.1, -0.05) is 0 Å². The fourth-order valence-corrected chi connectivity index (χ4v) is 0.937. The molecule has 1 heterocycles. The van der Waals surface area contributed by atoms with Crippen LogP contribution in [0.25, 0.3) is 0 Å². The first-order valence-electron chi connectivity index (χ1n) is 4.32. The van der Waals surface area contributed by atoms with Crippen LogP contribution < -0.4 is 5.73 Å². The lowest BCUT2D eigenvalue weighted by atomic mass is 10.2. The van der Waals surface area contributed by atoms with E-state index in [1.165, 1.54) is 10.9 Å². The molecule has 0 atom stereocenters. The van der Waals surface area contributed by atoms with Crippen LogP contribution in [0.1, 0.15) is 31.1 Å². The largest absolute Gasteiger partial charge is 0.456 e. The molecule has 0 aliphatic rings. The van der Waals surface area contributed by atoms with Crippen LogP contribution in [-0.4, -0.2) is 21.4 Å². The van der Waals surface area contributed by atoms with Gasteiger partial charge in [-0.2, -0.15) is 5.10 Å². The van der Waals surface area contributed by atoms with Crippen molar-refractivity contribution in [3.8, 4) is 0 Å². The van der Waals surface area contributed by atoms with Crippen LogP contribution in [0.5, 0.6) is 0 Å². The predicted molar refractivity (Wildman–Crippen MR) is 52.8 cm³/mol. The van der Waals surface area contributed by atoms with Crippen molar-refractivity contribution in [3.63, 3.8) is 0 Å². The zero-order valence-electron chi connectivity index (χ0n) is 8.87. The molecule has 14 heavy (non-hydrogen) atoms. The molecule has 1 aromatic heterocycles. The number of carbonyl (C=O) groups excluding carboxylic acids is 1. The van der Waals surface area contributed by atoms with Crippen LogP contribution in [0.4, 0.5) is 5.82 Å². The van der Waals surface area contributed by atoms with Crippen molar-refractivity contribution in [1.29, 1.82) is 0 Å². The van der Waals surface area contributed by atoms with Crippen LogP contribution in [0.2, 0.25) is 0 Å². The second kappa shape index (κ2) is 3.32. The van der Waals surface area contributed by atoms with E-state index in [9.17, 15) is 4.79 Å². The van der Waals surface area contributed by atoms with E-state index in [0.717, 1.165) is 0 Å². The molecule has 0 aliphatic carbocycles. The predicted octanol–water partition coefficient (Wildman–Crippen LogP) is 0.958. The maximum Gasteiger partial charge on any atom is 0.344 e. The van der Waals surface area contributed by atoms with Gasteiger partial charge in [0.1, 0.15) is 17.0 Å². The van der Waals surface area contributed by atoms with Crippen molar-refractivity contribution in [3.05, 3.63) is 11.8 Å². The van der Waals surface area contributed by atoms with E-state index in [2.05, 4.69) is 5.10 Å². The molecule has 0 bridgehead atoms. The van der Waals surface area contributed by atoms with Gasteiger partial charge in [-0.15, -0.1) is 0 Å². The van der Waals surface area contributed by atoms with Gasteiger partial charge in [0, 0.05) is 7.05 Å². The Morgan fingerprint density at radius 2 is 2.14 bits per heavy atom. The van der Waals surface area contributed by atoms with Crippen LogP contribution in [-0.2, 0) is 11.8 Å². The number of hydrogen-bond donors (Lipinski definition) is 1. The van der Waals surface area contributed by atoms with E-state index in [1.54, 1.807) is 27.8 Å². The first-order valence-corrected chi connectivity index (χ1v) is 4.32. The highest BCUT2D eigenvalue weighted by molar-refractivity contribution is 5.94. The Morgan fingerprint density at radius 3 is 2.50 bits per heavy atom. The number of carbonyl (C=O) groups is 1. The molecule has 0 amide bonds. The Morgan fingerprint density at radius 1 is 1.57 bits per heavy atom. The van der Waals surface area contributed by atoms with Gasteiger partial charge in [0.25, 0.3) is 0 Å². The van der Waals surface area contributed by atoms with Crippen LogP contribution >= 0.6 is 0 Å². The summed E-state index contributed by atoms with van der Waals surface area (Å²) in [6, 6.07) is 0. The van der Waals surface area contributed by atoms with Gasteiger partial charge < -0.3 is 10.5 Å². The van der Waals surface area contributed by atoms with Gasteiger partial charge in [0.05, 0.1) is 6.20 Å². The van der Waals surface area contributed by atoms with E-state index in [-0.39, 0.29) is 0 Å². The minimum Gasteiger partial charge on any atom is -0.456 e. The molecule has 0 spiro atoms. The molecule has 0 saturated carbocycles. The highest BCUT2D eigenvalue weighted by Gasteiger charge is 2.21. The average molecular weight is 197 g/mol. The topological polar surface area (TPSA) is 70.1 Å². The molecule has 5 nitrogen and oxygen atoms in total. The maximum atomic E-state index is 11.5. The Bertz CT molecular complexity index is 349. The van der Waals surface area contributed by atoms with Gasteiger partial charge in [0.2, 0.25) is 0 Å². The molecule has 1 rings (SSSR count). The van der Waals surface area contributed by atoms with Crippen LogP contribution in [0, 0.1) is 0 Å². The van der Waals surface area contributed by atoms with Crippen LogP contribution in [0.15, 0.2) is 6.20 Å². The van der Waals surface area contributed by atoms with E-state index in [0.29, 0.717) is 11.4 Å². The summed E-state index contributed by atoms with van der Waals surface area (Å²) in [5, 5.41) is 3.86. The normalized spacial score (nSPS) is 11.4. The van der Waals surface area contributed by atoms with E-state index in [4.69, 9.17) is 10.5 Å². The molecule has 2 N–H and O–H groups in total. The molecule has 0 aliphatic heterocycles. The fourth-order valence-electron chi connectivity index (χ4n) is 0.937. The maximum absolute atomic E-state index is 11.5. The zero-order chi connectivity index (χ0) is 10.9. The fraction of sp³-hybridized carbons (Fsp3) is 0.556. The summed E-state index contributed by atoms with van der Waals surface area (Å²) >= 11 is 0. The lowest BCUT2D eigenvalue weighted by molar-refractivity contribution is 0.00708. The number of nitrogen functional groups attached to an aromatic ring is 1. The number of aromatic nitrogens is 2. The third kappa shape index (κ3) is 2.25. The molecule has 0 fully saturated rings. The molecule has 0 aromatic carbocycles. The van der Waals surface area contributed by atoms with Gasteiger partial charge in [0.15, 0.2) is 0 Å². The van der Waals surface area contributed by atoms with Crippen molar-refractivity contribution in [2.24, 2.45) is 7.05 Å². The van der Waals surface area contributed by atoms with E-state index < -0.39 is 11.6 Å². The smallest absolute Gasteiger partial charge is 0.344 e. The Labute approximate surface area is 82.8 Å². The lowest BCUT2D eigenvalue weighted by Gasteiger charge is -2.18. The second-order valence-corrected chi connectivity index (χ2v) is 4.07. The molecule has 0 unspecified atom stereocenters. The minimum absolute atomic E-state index is 0.308. The molecular formula is C9H15N3O2. The first kappa shape index (κ1) is 10.6. The lowest BCUT2D eigenvalue weighted by Crippen LogP contribution is -2.24. The molecule has 5 heteroatoms. The van der Waals surface area contributed by atoms with Gasteiger partial charge in [-0.25, -0.2) is 4.79 Å². The number of nitrogens with two attached hydrogens (primary N) is 1. The SMILES string of the molecule is Cn1ncc(C(=O)OC(C)(C)C)c1N. The quantitative estimate of drug-likeness (QED) is 0.681. The number of esters is 1. The minimum atomic E-state index is -0.515. The van der Waals surface area contributed by atoms with Crippen LogP contribution in [0.3, 0.4) is 0 Å². The van der Waals surface area contributed by atoms with E-state index in [1.807, 2.05) is 0 Å². The Kier molecular flexibility index (Phi) is 2.51. The summed E-state index contributed by atoms with van der Waals surface area (Å²) in [7, 11) is 1.67. The van der Waals surface area contributed by atoms with Crippen molar-refractivity contribution in [2.45, 2.75) is 26.4 Å². The summed E-state index contributed by atoms with van der Waals surface area (Å²) < 4.78 is 6.58. The second-order valence-electron chi connectivity index (χ2n) is 4.07. The molecular weight excluding hydrogens is 182 g/mol. The molecule has 78 valence electrons. The zero-order valence-corrected chi connectivity index (χ0v) is 8.87. The highest BCUT2D eigenvalue weighted by Crippen LogP contribution is 2.15. The average Bonchev–Trinajstić information content (AvgIpc) is 2.29. The number of ether oxygens (including phenoxy) is 1. The number of aryl methyl sites for hydroxylation is 1. The Balaban J connectivity index is 2.86. The van der Waals surface area contributed by atoms with E-state index >= 15 is 0 Å². The summed E-state index contributed by atoms with van der Waals surface area (Å²) in [4.78, 5) is 11.5. The van der Waals surface area contributed by atoms with Crippen molar-refractivity contribution in [2.75, 3.05) is 5.73 Å². The number of hydrogen-bond acceptors (Lipinski definition) is 4. The third-order valence-electron chi connectivity index (χ3n) is 1.60. The van der Waals surface area contributed by atoms with Crippen molar-refractivity contribution < 1.29 is 9.53 Å². The van der Waals surface area contributed by atoms with Crippen molar-refractivity contribution >= 4 is 11.8 Å². The first-order chi connectivity index (χ1) is 6.31. The van der Waals surface area contributed by atoms with Crippen molar-refractivity contribution in [1.82, 2.24) is 9.78 Å². The van der Waals surface area contributed by atoms with Gasteiger partial charge in [-0.3, -0.25) is 4.68 Å². The summed E-state index contributed by atoms with van der Waals surface area (Å²) in [6.07, 6.45) is 1.41. The monoisotopic (exact) mass is 197 g/mol. The number of anilines is 1. The third-order valence-corrected chi connectivity index (χ3v) is 1.60. The summed E-state index contributed by atoms with van der Waals surface area (Å²) in [5.41, 5.74) is 5.42.